The highest BCUT2D eigenvalue weighted by Gasteiger charge is 2.05. The van der Waals surface area contributed by atoms with Gasteiger partial charge in [-0.25, -0.2) is 4.39 Å². The Kier molecular flexibility index (Phi) is 4.82. The van der Waals surface area contributed by atoms with Crippen LogP contribution in [0.1, 0.15) is 5.56 Å². The van der Waals surface area contributed by atoms with Crippen LogP contribution in [0, 0.1) is 5.82 Å². The van der Waals surface area contributed by atoms with Crippen LogP contribution in [0.3, 0.4) is 0 Å². The van der Waals surface area contributed by atoms with Crippen LogP contribution < -0.4 is 10.1 Å². The summed E-state index contributed by atoms with van der Waals surface area (Å²) in [5.41, 5.74) is 1.72. The minimum atomic E-state index is -0.263. The van der Waals surface area contributed by atoms with Gasteiger partial charge in [-0.3, -0.25) is 0 Å². The van der Waals surface area contributed by atoms with Gasteiger partial charge in [0.1, 0.15) is 11.6 Å². The first-order valence-electron chi connectivity index (χ1n) is 5.61. The highest BCUT2D eigenvalue weighted by Crippen LogP contribution is 2.28. The number of anilines is 1. The monoisotopic (exact) mass is 387 g/mol. The molecule has 0 aliphatic heterocycles. The van der Waals surface area contributed by atoms with Gasteiger partial charge in [-0.1, -0.05) is 22.0 Å². The fourth-order valence-corrected chi connectivity index (χ4v) is 2.27. The summed E-state index contributed by atoms with van der Waals surface area (Å²) in [6.07, 6.45) is 0. The van der Waals surface area contributed by atoms with Gasteiger partial charge < -0.3 is 10.1 Å². The van der Waals surface area contributed by atoms with Crippen LogP contribution in [-0.2, 0) is 6.54 Å². The van der Waals surface area contributed by atoms with Crippen molar-refractivity contribution in [1.29, 1.82) is 0 Å². The molecule has 0 unspecified atom stereocenters. The molecule has 0 amide bonds. The largest absolute Gasteiger partial charge is 0.495 e. The molecular weight excluding hydrogens is 377 g/mol. The van der Waals surface area contributed by atoms with Crippen molar-refractivity contribution >= 4 is 37.5 Å². The highest BCUT2D eigenvalue weighted by atomic mass is 79.9. The third-order valence-electron chi connectivity index (χ3n) is 2.63. The molecular formula is C14H12Br2FNO. The number of nitrogens with one attached hydrogen (secondary N) is 1. The first kappa shape index (κ1) is 14.3. The lowest BCUT2D eigenvalue weighted by atomic mass is 10.2. The molecule has 0 aromatic heterocycles. The van der Waals surface area contributed by atoms with E-state index in [1.165, 1.54) is 6.07 Å². The van der Waals surface area contributed by atoms with Gasteiger partial charge in [0, 0.05) is 11.0 Å². The predicted molar refractivity (Wildman–Crippen MR) is 82.1 cm³/mol. The van der Waals surface area contributed by atoms with Crippen molar-refractivity contribution in [1.82, 2.24) is 0 Å². The van der Waals surface area contributed by atoms with Crippen molar-refractivity contribution < 1.29 is 9.13 Å². The van der Waals surface area contributed by atoms with Crippen LogP contribution in [-0.4, -0.2) is 7.11 Å². The Labute approximate surface area is 128 Å². The predicted octanol–water partition coefficient (Wildman–Crippen LogP) is 4.97. The Morgan fingerprint density at radius 1 is 1.16 bits per heavy atom. The van der Waals surface area contributed by atoms with E-state index in [0.29, 0.717) is 11.0 Å². The van der Waals surface area contributed by atoms with E-state index < -0.39 is 0 Å². The molecule has 2 nitrogen and oxygen atoms in total. The second-order valence-corrected chi connectivity index (χ2v) is 5.72. The number of hydrogen-bond donors (Lipinski definition) is 1. The molecule has 0 atom stereocenters. The van der Waals surface area contributed by atoms with Gasteiger partial charge >= 0.3 is 0 Å². The Hall–Kier alpha value is -1.07. The molecule has 2 aromatic carbocycles. The molecule has 0 fully saturated rings. The SMILES string of the molecule is COc1ccc(Br)cc1NCc1ccc(Br)c(F)c1. The topological polar surface area (TPSA) is 21.3 Å². The number of rotatable bonds is 4. The van der Waals surface area contributed by atoms with E-state index in [9.17, 15) is 4.39 Å². The molecule has 0 heterocycles. The van der Waals surface area contributed by atoms with Gasteiger partial charge in [-0.15, -0.1) is 0 Å². The average Bonchev–Trinajstić information content (AvgIpc) is 2.40. The van der Waals surface area contributed by atoms with Crippen molar-refractivity contribution in [2.75, 3.05) is 12.4 Å². The molecule has 19 heavy (non-hydrogen) atoms. The first-order valence-corrected chi connectivity index (χ1v) is 7.20. The number of hydrogen-bond acceptors (Lipinski definition) is 2. The quantitative estimate of drug-likeness (QED) is 0.798. The molecule has 2 aromatic rings. The van der Waals surface area contributed by atoms with Gasteiger partial charge in [0.05, 0.1) is 17.3 Å². The zero-order valence-corrected chi connectivity index (χ0v) is 13.4. The molecule has 0 bridgehead atoms. The lowest BCUT2D eigenvalue weighted by Crippen LogP contribution is -2.02. The molecule has 0 saturated heterocycles. The Bertz CT molecular complexity index is 590. The molecule has 0 radical (unpaired) electrons. The van der Waals surface area contributed by atoms with Crippen LogP contribution in [0.2, 0.25) is 0 Å². The highest BCUT2D eigenvalue weighted by molar-refractivity contribution is 9.10. The Morgan fingerprint density at radius 3 is 2.63 bits per heavy atom. The second kappa shape index (κ2) is 6.39. The van der Waals surface area contributed by atoms with E-state index in [1.807, 2.05) is 24.3 Å². The number of ether oxygens (including phenoxy) is 1. The molecule has 0 aliphatic carbocycles. The molecule has 5 heteroatoms. The average molecular weight is 389 g/mol. The van der Waals surface area contributed by atoms with Gasteiger partial charge in [0.15, 0.2) is 0 Å². The van der Waals surface area contributed by atoms with Gasteiger partial charge in [-0.2, -0.15) is 0 Å². The van der Waals surface area contributed by atoms with Crippen LogP contribution in [0.5, 0.6) is 5.75 Å². The smallest absolute Gasteiger partial charge is 0.142 e. The van der Waals surface area contributed by atoms with E-state index in [4.69, 9.17) is 4.74 Å². The third-order valence-corrected chi connectivity index (χ3v) is 3.76. The zero-order chi connectivity index (χ0) is 13.8. The van der Waals surface area contributed by atoms with E-state index in [0.717, 1.165) is 21.5 Å². The van der Waals surface area contributed by atoms with Gasteiger partial charge in [-0.05, 0) is 51.8 Å². The fourth-order valence-electron chi connectivity index (χ4n) is 1.67. The molecule has 100 valence electrons. The maximum Gasteiger partial charge on any atom is 0.142 e. The van der Waals surface area contributed by atoms with Crippen LogP contribution in [0.15, 0.2) is 45.3 Å². The molecule has 2 rings (SSSR count). The summed E-state index contributed by atoms with van der Waals surface area (Å²) in [7, 11) is 1.62. The lowest BCUT2D eigenvalue weighted by Gasteiger charge is -2.12. The summed E-state index contributed by atoms with van der Waals surface area (Å²) in [5, 5.41) is 3.23. The summed E-state index contributed by atoms with van der Waals surface area (Å²) < 4.78 is 20.1. The molecule has 0 spiro atoms. The maximum absolute atomic E-state index is 13.4. The standard InChI is InChI=1S/C14H12Br2FNO/c1-19-14-5-3-10(15)7-13(14)18-8-9-2-4-11(16)12(17)6-9/h2-7,18H,8H2,1H3. The van der Waals surface area contributed by atoms with E-state index >= 15 is 0 Å². The van der Waals surface area contributed by atoms with Crippen molar-refractivity contribution in [2.45, 2.75) is 6.54 Å². The third kappa shape index (κ3) is 3.70. The van der Waals surface area contributed by atoms with Crippen molar-refractivity contribution in [2.24, 2.45) is 0 Å². The summed E-state index contributed by atoms with van der Waals surface area (Å²) >= 11 is 6.55. The van der Waals surface area contributed by atoms with Gasteiger partial charge in [0.2, 0.25) is 0 Å². The Morgan fingerprint density at radius 2 is 1.95 bits per heavy atom. The van der Waals surface area contributed by atoms with Crippen molar-refractivity contribution in [3.63, 3.8) is 0 Å². The lowest BCUT2D eigenvalue weighted by molar-refractivity contribution is 0.416. The number of benzene rings is 2. The first-order chi connectivity index (χ1) is 9.10. The van der Waals surface area contributed by atoms with Crippen LogP contribution in [0.4, 0.5) is 10.1 Å². The Balaban J connectivity index is 2.13. The van der Waals surface area contributed by atoms with Crippen LogP contribution in [0.25, 0.3) is 0 Å². The summed E-state index contributed by atoms with van der Waals surface area (Å²) in [6, 6.07) is 10.8. The molecule has 0 aliphatic rings. The molecule has 0 saturated carbocycles. The van der Waals surface area contributed by atoms with Crippen molar-refractivity contribution in [3.8, 4) is 5.75 Å². The minimum absolute atomic E-state index is 0.263. The van der Waals surface area contributed by atoms with Gasteiger partial charge in [0.25, 0.3) is 0 Å². The summed E-state index contributed by atoms with van der Waals surface area (Å²) in [4.78, 5) is 0. The van der Waals surface area contributed by atoms with Crippen molar-refractivity contribution in [3.05, 3.63) is 56.7 Å². The number of methoxy groups -OCH3 is 1. The maximum atomic E-state index is 13.4. The summed E-state index contributed by atoms with van der Waals surface area (Å²) in [5.74, 6) is 0.487. The zero-order valence-electron chi connectivity index (χ0n) is 10.2. The van der Waals surface area contributed by atoms with E-state index in [-0.39, 0.29) is 5.82 Å². The number of halogens is 3. The normalized spacial score (nSPS) is 10.3. The summed E-state index contributed by atoms with van der Waals surface area (Å²) in [6.45, 7) is 0.525. The second-order valence-electron chi connectivity index (χ2n) is 3.95. The fraction of sp³-hybridized carbons (Fsp3) is 0.143. The minimum Gasteiger partial charge on any atom is -0.495 e. The van der Waals surface area contributed by atoms with E-state index in [2.05, 4.69) is 37.2 Å². The molecule has 1 N–H and O–H groups in total. The van der Waals surface area contributed by atoms with Crippen LogP contribution >= 0.6 is 31.9 Å². The van der Waals surface area contributed by atoms with E-state index in [1.54, 1.807) is 13.2 Å².